The maximum atomic E-state index is 12.2. The SMILES string of the molecule is Cc1cc(C(=O)OC(=O)C(CO)c2ccccc2)cc(C)c1C. The lowest BCUT2D eigenvalue weighted by Gasteiger charge is -2.13. The second-order valence-electron chi connectivity index (χ2n) is 5.59. The Labute approximate surface area is 135 Å². The van der Waals surface area contributed by atoms with Crippen LogP contribution in [0.15, 0.2) is 42.5 Å². The largest absolute Gasteiger partial charge is 0.395 e. The van der Waals surface area contributed by atoms with Crippen LogP contribution in [-0.2, 0) is 9.53 Å². The number of esters is 2. The molecule has 1 atom stereocenters. The molecular weight excluding hydrogens is 292 g/mol. The van der Waals surface area contributed by atoms with Gasteiger partial charge in [-0.1, -0.05) is 30.3 Å². The summed E-state index contributed by atoms with van der Waals surface area (Å²) in [5, 5.41) is 9.45. The van der Waals surface area contributed by atoms with E-state index in [-0.39, 0.29) is 0 Å². The van der Waals surface area contributed by atoms with Crippen molar-refractivity contribution in [1.82, 2.24) is 0 Å². The van der Waals surface area contributed by atoms with Crippen molar-refractivity contribution in [1.29, 1.82) is 0 Å². The van der Waals surface area contributed by atoms with Crippen LogP contribution in [0.25, 0.3) is 0 Å². The van der Waals surface area contributed by atoms with Gasteiger partial charge in [-0.05, 0) is 55.2 Å². The number of hydrogen-bond acceptors (Lipinski definition) is 4. The van der Waals surface area contributed by atoms with Crippen molar-refractivity contribution in [3.63, 3.8) is 0 Å². The van der Waals surface area contributed by atoms with Gasteiger partial charge in [0.15, 0.2) is 0 Å². The predicted molar refractivity (Wildman–Crippen MR) is 87.3 cm³/mol. The van der Waals surface area contributed by atoms with E-state index in [1.54, 1.807) is 36.4 Å². The molecule has 0 amide bonds. The number of ether oxygens (including phenoxy) is 1. The van der Waals surface area contributed by atoms with E-state index in [9.17, 15) is 14.7 Å². The van der Waals surface area contributed by atoms with Gasteiger partial charge in [0.05, 0.1) is 12.2 Å². The molecule has 0 aliphatic carbocycles. The van der Waals surface area contributed by atoms with Gasteiger partial charge in [0.1, 0.15) is 5.92 Å². The molecule has 1 N–H and O–H groups in total. The van der Waals surface area contributed by atoms with Crippen LogP contribution in [0.1, 0.15) is 38.5 Å². The highest BCUT2D eigenvalue weighted by atomic mass is 16.6. The molecule has 4 nitrogen and oxygen atoms in total. The summed E-state index contributed by atoms with van der Waals surface area (Å²) in [7, 11) is 0. The van der Waals surface area contributed by atoms with Crippen molar-refractivity contribution in [3.05, 3.63) is 70.3 Å². The summed E-state index contributed by atoms with van der Waals surface area (Å²) in [6.45, 7) is 5.37. The second kappa shape index (κ2) is 7.20. The molecule has 4 heteroatoms. The zero-order valence-corrected chi connectivity index (χ0v) is 13.5. The van der Waals surface area contributed by atoms with Crippen molar-refractivity contribution in [2.24, 2.45) is 0 Å². The number of carbonyl (C=O) groups is 2. The number of hydrogen-bond donors (Lipinski definition) is 1. The van der Waals surface area contributed by atoms with E-state index < -0.39 is 24.5 Å². The molecule has 0 radical (unpaired) electrons. The van der Waals surface area contributed by atoms with E-state index in [2.05, 4.69) is 0 Å². The number of carbonyl (C=O) groups excluding carboxylic acids is 2. The molecule has 0 aromatic heterocycles. The molecule has 2 aromatic carbocycles. The zero-order chi connectivity index (χ0) is 17.0. The van der Waals surface area contributed by atoms with Gasteiger partial charge in [0.2, 0.25) is 0 Å². The topological polar surface area (TPSA) is 63.6 Å². The average Bonchev–Trinajstić information content (AvgIpc) is 2.53. The monoisotopic (exact) mass is 312 g/mol. The number of aryl methyl sites for hydroxylation is 2. The summed E-state index contributed by atoms with van der Waals surface area (Å²) < 4.78 is 4.96. The molecule has 120 valence electrons. The average molecular weight is 312 g/mol. The van der Waals surface area contributed by atoms with Gasteiger partial charge in [-0.25, -0.2) is 4.79 Å². The molecule has 0 saturated heterocycles. The quantitative estimate of drug-likeness (QED) is 0.696. The fraction of sp³-hybridized carbons (Fsp3) is 0.263. The molecule has 2 aromatic rings. The van der Waals surface area contributed by atoms with E-state index in [0.29, 0.717) is 11.1 Å². The highest BCUT2D eigenvalue weighted by Gasteiger charge is 2.24. The van der Waals surface area contributed by atoms with Crippen molar-refractivity contribution < 1.29 is 19.4 Å². The van der Waals surface area contributed by atoms with Crippen LogP contribution in [-0.4, -0.2) is 23.7 Å². The maximum Gasteiger partial charge on any atom is 0.345 e. The Bertz CT molecular complexity index is 696. The maximum absolute atomic E-state index is 12.2. The molecule has 2 rings (SSSR count). The Balaban J connectivity index is 2.17. The third-order valence-corrected chi connectivity index (χ3v) is 4.03. The Morgan fingerprint density at radius 1 is 1.04 bits per heavy atom. The van der Waals surface area contributed by atoms with Gasteiger partial charge < -0.3 is 9.84 Å². The fourth-order valence-electron chi connectivity index (χ4n) is 2.38. The van der Waals surface area contributed by atoms with Crippen LogP contribution in [0.4, 0.5) is 0 Å². The van der Waals surface area contributed by atoms with E-state index in [1.807, 2.05) is 26.8 Å². The first-order valence-corrected chi connectivity index (χ1v) is 7.43. The van der Waals surface area contributed by atoms with Crippen LogP contribution in [0.2, 0.25) is 0 Å². The first kappa shape index (κ1) is 16.9. The lowest BCUT2D eigenvalue weighted by atomic mass is 10.00. The molecule has 0 aliphatic rings. The van der Waals surface area contributed by atoms with Gasteiger partial charge in [-0.2, -0.15) is 0 Å². The van der Waals surface area contributed by atoms with Crippen LogP contribution in [0.5, 0.6) is 0 Å². The number of aliphatic hydroxyl groups is 1. The van der Waals surface area contributed by atoms with Gasteiger partial charge in [0.25, 0.3) is 0 Å². The predicted octanol–water partition coefficient (Wildman–Crippen LogP) is 3.07. The number of benzene rings is 2. The highest BCUT2D eigenvalue weighted by molar-refractivity contribution is 5.98. The molecule has 0 heterocycles. The summed E-state index contributed by atoms with van der Waals surface area (Å²) in [4.78, 5) is 24.4. The fourth-order valence-corrected chi connectivity index (χ4v) is 2.38. The molecule has 0 spiro atoms. The summed E-state index contributed by atoms with van der Waals surface area (Å²) in [5.41, 5.74) is 3.98. The van der Waals surface area contributed by atoms with Crippen molar-refractivity contribution in [2.45, 2.75) is 26.7 Å². The Morgan fingerprint density at radius 3 is 2.13 bits per heavy atom. The highest BCUT2D eigenvalue weighted by Crippen LogP contribution is 2.19. The minimum Gasteiger partial charge on any atom is -0.395 e. The minimum absolute atomic E-state index is 0.337. The van der Waals surface area contributed by atoms with Crippen LogP contribution in [0, 0.1) is 20.8 Å². The Morgan fingerprint density at radius 2 is 1.61 bits per heavy atom. The van der Waals surface area contributed by atoms with E-state index >= 15 is 0 Å². The van der Waals surface area contributed by atoms with E-state index in [1.165, 1.54) is 0 Å². The molecule has 1 unspecified atom stereocenters. The third kappa shape index (κ3) is 3.85. The van der Waals surface area contributed by atoms with Gasteiger partial charge in [-0.3, -0.25) is 4.79 Å². The summed E-state index contributed by atoms with van der Waals surface area (Å²) in [6, 6.07) is 12.2. The van der Waals surface area contributed by atoms with Gasteiger partial charge in [-0.15, -0.1) is 0 Å². The van der Waals surface area contributed by atoms with E-state index in [4.69, 9.17) is 4.74 Å². The zero-order valence-electron chi connectivity index (χ0n) is 13.5. The smallest absolute Gasteiger partial charge is 0.345 e. The van der Waals surface area contributed by atoms with E-state index in [0.717, 1.165) is 16.7 Å². The van der Waals surface area contributed by atoms with Crippen LogP contribution < -0.4 is 0 Å². The van der Waals surface area contributed by atoms with Crippen LogP contribution >= 0.6 is 0 Å². The van der Waals surface area contributed by atoms with Gasteiger partial charge in [0, 0.05) is 0 Å². The summed E-state index contributed by atoms with van der Waals surface area (Å²) >= 11 is 0. The lowest BCUT2D eigenvalue weighted by Crippen LogP contribution is -2.22. The molecule has 0 bridgehead atoms. The normalized spacial score (nSPS) is 11.8. The molecule has 0 saturated carbocycles. The minimum atomic E-state index is -0.868. The number of aliphatic hydroxyl groups excluding tert-OH is 1. The molecule has 0 aliphatic heterocycles. The Kier molecular flexibility index (Phi) is 5.29. The first-order chi connectivity index (χ1) is 10.9. The summed E-state index contributed by atoms with van der Waals surface area (Å²) in [5.74, 6) is -2.32. The third-order valence-electron chi connectivity index (χ3n) is 4.03. The lowest BCUT2D eigenvalue weighted by molar-refractivity contribution is -0.140. The van der Waals surface area contributed by atoms with Crippen LogP contribution in [0.3, 0.4) is 0 Å². The van der Waals surface area contributed by atoms with Gasteiger partial charge >= 0.3 is 11.9 Å². The second-order valence-corrected chi connectivity index (χ2v) is 5.59. The standard InChI is InChI=1S/C19H20O4/c1-12-9-16(10-13(2)14(12)3)18(21)23-19(22)17(11-20)15-7-5-4-6-8-15/h4-10,17,20H,11H2,1-3H3. The van der Waals surface area contributed by atoms with Crippen molar-refractivity contribution in [3.8, 4) is 0 Å². The molecule has 0 fully saturated rings. The first-order valence-electron chi connectivity index (χ1n) is 7.43. The Hall–Kier alpha value is -2.46. The molecular formula is C19H20O4. The summed E-state index contributed by atoms with van der Waals surface area (Å²) in [6.07, 6.45) is 0. The molecule has 23 heavy (non-hydrogen) atoms. The van der Waals surface area contributed by atoms with Crippen molar-refractivity contribution >= 4 is 11.9 Å². The van der Waals surface area contributed by atoms with Crippen molar-refractivity contribution in [2.75, 3.05) is 6.61 Å². The number of rotatable bonds is 4.